The number of anilines is 2. The normalized spacial score (nSPS) is 18.6. The Hall–Kier alpha value is -3.21. The van der Waals surface area contributed by atoms with Gasteiger partial charge >= 0.3 is 0 Å². The third kappa shape index (κ3) is 3.69. The molecule has 0 amide bonds. The van der Waals surface area contributed by atoms with Crippen molar-refractivity contribution in [1.82, 2.24) is 25.1 Å². The van der Waals surface area contributed by atoms with Crippen LogP contribution in [0.1, 0.15) is 0 Å². The fourth-order valence-corrected chi connectivity index (χ4v) is 4.09. The van der Waals surface area contributed by atoms with E-state index in [9.17, 15) is 10.2 Å². The van der Waals surface area contributed by atoms with E-state index in [4.69, 9.17) is 5.73 Å². The molecular formula is C21H18BrN7O2. The van der Waals surface area contributed by atoms with Gasteiger partial charge in [-0.2, -0.15) is 0 Å². The summed E-state index contributed by atoms with van der Waals surface area (Å²) in [6, 6.07) is 13.4. The molecule has 0 saturated carbocycles. The molecule has 1 aliphatic heterocycles. The molecule has 156 valence electrons. The van der Waals surface area contributed by atoms with Crippen molar-refractivity contribution in [1.29, 1.82) is 0 Å². The highest BCUT2D eigenvalue weighted by Gasteiger charge is 2.30. The molecule has 3 aromatic heterocycles. The maximum Gasteiger partial charge on any atom is 0.165 e. The number of hydrogen-bond donors (Lipinski definition) is 3. The van der Waals surface area contributed by atoms with E-state index in [2.05, 4.69) is 41.1 Å². The molecule has 0 aliphatic carbocycles. The molecule has 9 nitrogen and oxygen atoms in total. The number of hydrogen-bond acceptors (Lipinski definition) is 9. The Bertz CT molecular complexity index is 1260. The summed E-state index contributed by atoms with van der Waals surface area (Å²) in [5, 5.41) is 28.8. The fraction of sp³-hybridized carbons (Fsp3) is 0.190. The van der Waals surface area contributed by atoms with Crippen molar-refractivity contribution in [3.63, 3.8) is 0 Å². The van der Waals surface area contributed by atoms with Crippen LogP contribution in [0, 0.1) is 0 Å². The number of aliphatic hydroxyl groups is 2. The Balaban J connectivity index is 1.59. The maximum absolute atomic E-state index is 9.77. The molecule has 5 rings (SSSR count). The highest BCUT2D eigenvalue weighted by atomic mass is 79.9. The van der Waals surface area contributed by atoms with Gasteiger partial charge in [0.15, 0.2) is 11.5 Å². The van der Waals surface area contributed by atoms with Crippen molar-refractivity contribution in [3.05, 3.63) is 53.3 Å². The first-order valence-corrected chi connectivity index (χ1v) is 10.4. The first-order valence-electron chi connectivity index (χ1n) is 9.62. The van der Waals surface area contributed by atoms with E-state index < -0.39 is 12.2 Å². The van der Waals surface area contributed by atoms with E-state index >= 15 is 0 Å². The summed E-state index contributed by atoms with van der Waals surface area (Å²) >= 11 is 3.51. The van der Waals surface area contributed by atoms with Crippen molar-refractivity contribution in [2.24, 2.45) is 0 Å². The minimum absolute atomic E-state index is 0.312. The predicted molar refractivity (Wildman–Crippen MR) is 120 cm³/mol. The van der Waals surface area contributed by atoms with Gasteiger partial charge in [0.25, 0.3) is 0 Å². The number of fused-ring (bicyclic) bond motifs is 1. The third-order valence-corrected chi connectivity index (χ3v) is 5.76. The zero-order chi connectivity index (χ0) is 21.5. The molecular weight excluding hydrogens is 462 g/mol. The first-order chi connectivity index (χ1) is 15.0. The van der Waals surface area contributed by atoms with Gasteiger partial charge in [0, 0.05) is 17.6 Å². The number of nitrogens with two attached hydrogens (primary N) is 1. The van der Waals surface area contributed by atoms with Crippen LogP contribution < -0.4 is 10.6 Å². The van der Waals surface area contributed by atoms with Crippen molar-refractivity contribution in [2.45, 2.75) is 12.2 Å². The van der Waals surface area contributed by atoms with Gasteiger partial charge in [-0.1, -0.05) is 28.1 Å². The number of nitrogens with zero attached hydrogens (tertiary/aromatic N) is 6. The standard InChI is InChI=1S/C21H18BrN7O2/c22-12-3-1-2-11(6-12)13-7-15(26-21-19(13)20(23)24-10-25-21)14-4-5-18(28-27-14)29-8-16(30)17(31)9-29/h1-7,10,16-17,30-31H,8-9H2,(H2,23,24,25,26)/t16-,17-/m0/s1. The van der Waals surface area contributed by atoms with Crippen molar-refractivity contribution < 1.29 is 10.2 Å². The Labute approximate surface area is 185 Å². The third-order valence-electron chi connectivity index (χ3n) is 5.26. The van der Waals surface area contributed by atoms with Gasteiger partial charge in [-0.05, 0) is 41.5 Å². The zero-order valence-corrected chi connectivity index (χ0v) is 17.8. The number of pyridine rings is 1. The van der Waals surface area contributed by atoms with Gasteiger partial charge in [0.2, 0.25) is 0 Å². The van der Waals surface area contributed by atoms with E-state index in [0.29, 0.717) is 47.1 Å². The van der Waals surface area contributed by atoms with Crippen molar-refractivity contribution in [2.75, 3.05) is 23.7 Å². The van der Waals surface area contributed by atoms with Crippen molar-refractivity contribution >= 4 is 38.6 Å². The summed E-state index contributed by atoms with van der Waals surface area (Å²) in [4.78, 5) is 14.9. The summed E-state index contributed by atoms with van der Waals surface area (Å²) in [7, 11) is 0. The number of β-amino-alcohol motifs (C(OH)–C–C–N with tert-alkyl or cyclic N) is 2. The molecule has 1 fully saturated rings. The Morgan fingerprint density at radius 3 is 2.48 bits per heavy atom. The van der Waals surface area contributed by atoms with Gasteiger partial charge in [0.1, 0.15) is 17.8 Å². The van der Waals surface area contributed by atoms with Crippen LogP contribution in [-0.2, 0) is 0 Å². The van der Waals surface area contributed by atoms with E-state index in [0.717, 1.165) is 15.6 Å². The largest absolute Gasteiger partial charge is 0.389 e. The molecule has 4 N–H and O–H groups in total. The topological polar surface area (TPSA) is 134 Å². The van der Waals surface area contributed by atoms with E-state index in [-0.39, 0.29) is 0 Å². The number of nitrogen functional groups attached to an aromatic ring is 1. The SMILES string of the molecule is Nc1ncnc2nc(-c3ccc(N4C[C@H](O)[C@@H](O)C4)nn3)cc(-c3cccc(Br)c3)c12. The fourth-order valence-electron chi connectivity index (χ4n) is 3.69. The zero-order valence-electron chi connectivity index (χ0n) is 16.2. The lowest BCUT2D eigenvalue weighted by atomic mass is 10.0. The van der Waals surface area contributed by atoms with Crippen LogP contribution in [0.3, 0.4) is 0 Å². The quantitative estimate of drug-likeness (QED) is 0.403. The number of aromatic nitrogens is 5. The molecule has 4 aromatic rings. The second kappa shape index (κ2) is 7.80. The Kier molecular flexibility index (Phi) is 4.97. The lowest BCUT2D eigenvalue weighted by Gasteiger charge is -2.15. The molecule has 31 heavy (non-hydrogen) atoms. The number of benzene rings is 1. The summed E-state index contributed by atoms with van der Waals surface area (Å²) in [6.07, 6.45) is -0.194. The number of halogens is 1. The van der Waals surface area contributed by atoms with Gasteiger partial charge in [-0.3, -0.25) is 0 Å². The van der Waals surface area contributed by atoms with Crippen LogP contribution in [0.25, 0.3) is 33.5 Å². The van der Waals surface area contributed by atoms with Crippen molar-refractivity contribution in [3.8, 4) is 22.5 Å². The molecule has 0 radical (unpaired) electrons. The average molecular weight is 480 g/mol. The molecule has 1 aromatic carbocycles. The van der Waals surface area contributed by atoms with Crippen LogP contribution in [0.15, 0.2) is 53.3 Å². The molecule has 0 unspecified atom stereocenters. The van der Waals surface area contributed by atoms with E-state index in [1.54, 1.807) is 11.0 Å². The highest BCUT2D eigenvalue weighted by Crippen LogP contribution is 2.34. The summed E-state index contributed by atoms with van der Waals surface area (Å²) < 4.78 is 0.936. The minimum atomic E-state index is -0.790. The summed E-state index contributed by atoms with van der Waals surface area (Å²) in [5.41, 5.74) is 9.57. The van der Waals surface area contributed by atoms with Gasteiger partial charge in [-0.15, -0.1) is 10.2 Å². The minimum Gasteiger partial charge on any atom is -0.389 e. The van der Waals surface area contributed by atoms with Crippen LogP contribution in [0.4, 0.5) is 11.6 Å². The molecule has 2 atom stereocenters. The Morgan fingerprint density at radius 1 is 0.968 bits per heavy atom. The predicted octanol–water partition coefficient (Wildman–Crippen LogP) is 2.04. The Morgan fingerprint density at radius 2 is 1.77 bits per heavy atom. The van der Waals surface area contributed by atoms with Gasteiger partial charge < -0.3 is 20.8 Å². The molecule has 1 aliphatic rings. The first kappa shape index (κ1) is 19.7. The van der Waals surface area contributed by atoms with Crippen LogP contribution >= 0.6 is 15.9 Å². The van der Waals surface area contributed by atoms with Crippen LogP contribution in [0.5, 0.6) is 0 Å². The van der Waals surface area contributed by atoms with E-state index in [1.807, 2.05) is 36.4 Å². The smallest absolute Gasteiger partial charge is 0.165 e. The van der Waals surface area contributed by atoms with Gasteiger partial charge in [-0.25, -0.2) is 15.0 Å². The van der Waals surface area contributed by atoms with E-state index in [1.165, 1.54) is 6.33 Å². The average Bonchev–Trinajstić information content (AvgIpc) is 3.11. The second-order valence-corrected chi connectivity index (χ2v) is 8.26. The van der Waals surface area contributed by atoms with Crippen LogP contribution in [-0.4, -0.2) is 60.7 Å². The number of rotatable bonds is 3. The molecule has 1 saturated heterocycles. The molecule has 0 bridgehead atoms. The molecule has 0 spiro atoms. The summed E-state index contributed by atoms with van der Waals surface area (Å²) in [5.74, 6) is 0.936. The van der Waals surface area contributed by atoms with Crippen LogP contribution in [0.2, 0.25) is 0 Å². The lowest BCUT2D eigenvalue weighted by molar-refractivity contribution is 0.0572. The summed E-state index contributed by atoms with van der Waals surface area (Å²) in [6.45, 7) is 0.624. The second-order valence-electron chi connectivity index (χ2n) is 7.34. The monoisotopic (exact) mass is 479 g/mol. The maximum atomic E-state index is 9.77. The lowest BCUT2D eigenvalue weighted by Crippen LogP contribution is -2.22. The van der Waals surface area contributed by atoms with Gasteiger partial charge in [0.05, 0.1) is 23.3 Å². The molecule has 10 heteroatoms. The number of aliphatic hydroxyl groups excluding tert-OH is 2. The highest BCUT2D eigenvalue weighted by molar-refractivity contribution is 9.10. The molecule has 4 heterocycles.